The molecule has 6 heteroatoms. The van der Waals surface area contributed by atoms with Crippen molar-refractivity contribution < 1.29 is 17.9 Å². The van der Waals surface area contributed by atoms with Gasteiger partial charge in [-0.2, -0.15) is 0 Å². The number of primary sulfonamides is 1. The maximum atomic E-state index is 10.8. The Bertz CT molecular complexity index is 654. The zero-order chi connectivity index (χ0) is 15.1. The molecule has 0 atom stereocenters. The van der Waals surface area contributed by atoms with Crippen LogP contribution in [0, 0.1) is 0 Å². The highest BCUT2D eigenvalue weighted by molar-refractivity contribution is 7.89. The van der Waals surface area contributed by atoms with Crippen molar-refractivity contribution in [3.05, 3.63) is 54.6 Å². The van der Waals surface area contributed by atoms with Gasteiger partial charge in [-0.3, -0.25) is 0 Å². The van der Waals surface area contributed by atoms with Crippen LogP contribution in [0.4, 0.5) is 0 Å². The molecule has 5 nitrogen and oxygen atoms in total. The topological polar surface area (TPSA) is 78.6 Å². The van der Waals surface area contributed by atoms with Crippen molar-refractivity contribution >= 4 is 10.0 Å². The molecule has 0 aliphatic rings. The number of para-hydroxylation sites is 1. The van der Waals surface area contributed by atoms with Gasteiger partial charge in [0.15, 0.2) is 0 Å². The van der Waals surface area contributed by atoms with Gasteiger partial charge in [0.25, 0.3) is 0 Å². The predicted octanol–water partition coefficient (Wildman–Crippen LogP) is 2.54. The second-order valence-corrected chi connectivity index (χ2v) is 6.19. The van der Waals surface area contributed by atoms with E-state index in [-0.39, 0.29) is 5.75 Å². The van der Waals surface area contributed by atoms with Crippen LogP contribution in [-0.4, -0.2) is 20.8 Å². The Balaban J connectivity index is 1.82. The van der Waals surface area contributed by atoms with Gasteiger partial charge >= 0.3 is 0 Å². The molecule has 0 amide bonds. The lowest BCUT2D eigenvalue weighted by Gasteiger charge is -2.08. The molecule has 0 aliphatic carbocycles. The van der Waals surface area contributed by atoms with Gasteiger partial charge in [0.2, 0.25) is 10.0 Å². The van der Waals surface area contributed by atoms with Gasteiger partial charge in [-0.25, -0.2) is 13.6 Å². The zero-order valence-electron chi connectivity index (χ0n) is 11.4. The fraction of sp³-hybridized carbons (Fsp3) is 0.200. The van der Waals surface area contributed by atoms with Gasteiger partial charge in [0.05, 0.1) is 12.4 Å². The Morgan fingerprint density at radius 1 is 0.857 bits per heavy atom. The average Bonchev–Trinajstić information content (AvgIpc) is 2.45. The number of rotatable bonds is 7. The second-order valence-electron chi connectivity index (χ2n) is 4.46. The van der Waals surface area contributed by atoms with E-state index < -0.39 is 10.0 Å². The Labute approximate surface area is 124 Å². The summed E-state index contributed by atoms with van der Waals surface area (Å²) in [7, 11) is -3.42. The summed E-state index contributed by atoms with van der Waals surface area (Å²) in [6, 6.07) is 16.6. The summed E-state index contributed by atoms with van der Waals surface area (Å²) in [5.74, 6) is 2.05. The van der Waals surface area contributed by atoms with Gasteiger partial charge in [-0.05, 0) is 42.8 Å². The highest BCUT2D eigenvalue weighted by Gasteiger charge is 2.03. The molecular formula is C15H17NO4S. The Hall–Kier alpha value is -2.05. The van der Waals surface area contributed by atoms with E-state index in [1.54, 1.807) is 24.3 Å². The molecule has 21 heavy (non-hydrogen) atoms. The van der Waals surface area contributed by atoms with Crippen LogP contribution in [0.25, 0.3) is 0 Å². The molecule has 0 fully saturated rings. The molecule has 0 aromatic heterocycles. The Morgan fingerprint density at radius 2 is 1.43 bits per heavy atom. The highest BCUT2D eigenvalue weighted by atomic mass is 32.2. The molecule has 0 saturated carbocycles. The first-order valence-electron chi connectivity index (χ1n) is 6.49. The standard InChI is InChI=1S/C15H17NO4S/c16-21(17,18)12-4-11-19-13-7-9-15(10-8-13)20-14-5-2-1-3-6-14/h1-3,5-10H,4,11-12H2,(H2,16,17,18). The van der Waals surface area contributed by atoms with Crippen LogP contribution in [-0.2, 0) is 10.0 Å². The first-order chi connectivity index (χ1) is 10.0. The molecule has 0 bridgehead atoms. The number of nitrogens with two attached hydrogens (primary N) is 1. The summed E-state index contributed by atoms with van der Waals surface area (Å²) >= 11 is 0. The first-order valence-corrected chi connectivity index (χ1v) is 8.21. The normalized spacial score (nSPS) is 11.1. The lowest BCUT2D eigenvalue weighted by molar-refractivity contribution is 0.317. The van der Waals surface area contributed by atoms with Crippen LogP contribution in [0.15, 0.2) is 54.6 Å². The molecule has 2 N–H and O–H groups in total. The van der Waals surface area contributed by atoms with Gasteiger partial charge in [0, 0.05) is 0 Å². The lowest BCUT2D eigenvalue weighted by Crippen LogP contribution is -2.18. The maximum Gasteiger partial charge on any atom is 0.209 e. The third-order valence-electron chi connectivity index (χ3n) is 2.64. The van der Waals surface area contributed by atoms with Crippen molar-refractivity contribution in [1.82, 2.24) is 0 Å². The SMILES string of the molecule is NS(=O)(=O)CCCOc1ccc(Oc2ccccc2)cc1. The van der Waals surface area contributed by atoms with Gasteiger partial charge in [-0.15, -0.1) is 0 Å². The predicted molar refractivity (Wildman–Crippen MR) is 81.0 cm³/mol. The summed E-state index contributed by atoms with van der Waals surface area (Å²) in [6.07, 6.45) is 0.362. The summed E-state index contributed by atoms with van der Waals surface area (Å²) in [6.45, 7) is 0.301. The quantitative estimate of drug-likeness (QED) is 0.797. The van der Waals surface area contributed by atoms with Crippen molar-refractivity contribution in [1.29, 1.82) is 0 Å². The Kier molecular flexibility index (Phi) is 5.19. The summed E-state index contributed by atoms with van der Waals surface area (Å²) < 4.78 is 32.6. The van der Waals surface area contributed by atoms with Crippen molar-refractivity contribution in [3.63, 3.8) is 0 Å². The molecule has 2 rings (SSSR count). The fourth-order valence-corrected chi connectivity index (χ4v) is 2.20. The van der Waals surface area contributed by atoms with Crippen LogP contribution in [0.5, 0.6) is 17.2 Å². The summed E-state index contributed by atoms with van der Waals surface area (Å²) in [5, 5.41) is 4.91. The smallest absolute Gasteiger partial charge is 0.209 e. The van der Waals surface area contributed by atoms with Crippen LogP contribution in [0.3, 0.4) is 0 Å². The van der Waals surface area contributed by atoms with Crippen molar-refractivity contribution in [3.8, 4) is 17.2 Å². The molecule has 0 spiro atoms. The second kappa shape index (κ2) is 7.10. The van der Waals surface area contributed by atoms with Gasteiger partial charge in [-0.1, -0.05) is 18.2 Å². The molecule has 2 aromatic rings. The minimum atomic E-state index is -3.42. The zero-order valence-corrected chi connectivity index (χ0v) is 12.3. The van der Waals surface area contributed by atoms with Gasteiger partial charge in [0.1, 0.15) is 17.2 Å². The van der Waals surface area contributed by atoms with Crippen molar-refractivity contribution in [2.75, 3.05) is 12.4 Å². The number of ether oxygens (including phenoxy) is 2. The summed E-state index contributed by atoms with van der Waals surface area (Å²) in [5.41, 5.74) is 0. The number of sulfonamides is 1. The number of hydrogen-bond acceptors (Lipinski definition) is 4. The third kappa shape index (κ3) is 5.85. The first kappa shape index (κ1) is 15.3. The molecule has 0 saturated heterocycles. The molecule has 2 aromatic carbocycles. The number of benzene rings is 2. The van der Waals surface area contributed by atoms with E-state index in [0.29, 0.717) is 24.5 Å². The van der Waals surface area contributed by atoms with Crippen LogP contribution in [0.2, 0.25) is 0 Å². The molecule has 0 aliphatic heterocycles. The van der Waals surface area contributed by atoms with E-state index in [0.717, 1.165) is 5.75 Å². The van der Waals surface area contributed by atoms with Crippen molar-refractivity contribution in [2.24, 2.45) is 5.14 Å². The molecule has 112 valence electrons. The van der Waals surface area contributed by atoms with E-state index in [1.165, 1.54) is 0 Å². The lowest BCUT2D eigenvalue weighted by atomic mass is 10.3. The van der Waals surface area contributed by atoms with Crippen molar-refractivity contribution in [2.45, 2.75) is 6.42 Å². The van der Waals surface area contributed by atoms with Crippen LogP contribution in [0.1, 0.15) is 6.42 Å². The molecule has 0 heterocycles. The van der Waals surface area contributed by atoms with E-state index in [1.807, 2.05) is 30.3 Å². The number of hydrogen-bond donors (Lipinski definition) is 1. The highest BCUT2D eigenvalue weighted by Crippen LogP contribution is 2.23. The minimum Gasteiger partial charge on any atom is -0.494 e. The van der Waals surface area contributed by atoms with E-state index >= 15 is 0 Å². The molecule has 0 radical (unpaired) electrons. The largest absolute Gasteiger partial charge is 0.494 e. The maximum absolute atomic E-state index is 10.8. The minimum absolute atomic E-state index is 0.0811. The van der Waals surface area contributed by atoms with Crippen LogP contribution < -0.4 is 14.6 Å². The van der Waals surface area contributed by atoms with E-state index in [9.17, 15) is 8.42 Å². The molecular weight excluding hydrogens is 290 g/mol. The average molecular weight is 307 g/mol. The Morgan fingerprint density at radius 3 is 2.05 bits per heavy atom. The molecule has 0 unspecified atom stereocenters. The van der Waals surface area contributed by atoms with Gasteiger partial charge < -0.3 is 9.47 Å². The van der Waals surface area contributed by atoms with E-state index in [2.05, 4.69) is 0 Å². The monoisotopic (exact) mass is 307 g/mol. The van der Waals surface area contributed by atoms with E-state index in [4.69, 9.17) is 14.6 Å². The third-order valence-corrected chi connectivity index (χ3v) is 3.50. The fourth-order valence-electron chi connectivity index (χ4n) is 1.68. The van der Waals surface area contributed by atoms with Crippen LogP contribution >= 0.6 is 0 Å². The summed E-state index contributed by atoms with van der Waals surface area (Å²) in [4.78, 5) is 0.